The fourth-order valence-corrected chi connectivity index (χ4v) is 2.96. The lowest BCUT2D eigenvalue weighted by Gasteiger charge is -2.13. The molecule has 2 aromatic rings. The molecular formula is C16H19NO. The molecule has 1 aliphatic rings. The van der Waals surface area contributed by atoms with Crippen LogP contribution in [-0.2, 0) is 0 Å². The van der Waals surface area contributed by atoms with Crippen molar-refractivity contribution in [2.75, 3.05) is 7.11 Å². The van der Waals surface area contributed by atoms with E-state index < -0.39 is 0 Å². The Labute approximate surface area is 108 Å². The van der Waals surface area contributed by atoms with Crippen LogP contribution in [0.1, 0.15) is 24.8 Å². The summed E-state index contributed by atoms with van der Waals surface area (Å²) in [5, 5.41) is 2.59. The second kappa shape index (κ2) is 4.29. The third kappa shape index (κ3) is 1.77. The van der Waals surface area contributed by atoms with Gasteiger partial charge in [0.1, 0.15) is 5.75 Å². The first-order chi connectivity index (χ1) is 8.72. The summed E-state index contributed by atoms with van der Waals surface area (Å²) in [5.41, 5.74) is 7.37. The van der Waals surface area contributed by atoms with Gasteiger partial charge in [-0.2, -0.15) is 0 Å². The maximum absolute atomic E-state index is 6.02. The van der Waals surface area contributed by atoms with Gasteiger partial charge in [0, 0.05) is 11.6 Å². The van der Waals surface area contributed by atoms with Gasteiger partial charge in [-0.3, -0.25) is 0 Å². The molecule has 2 nitrogen and oxygen atoms in total. The lowest BCUT2D eigenvalue weighted by molar-refractivity contribution is 0.409. The van der Waals surface area contributed by atoms with Gasteiger partial charge in [-0.1, -0.05) is 30.3 Å². The van der Waals surface area contributed by atoms with Crippen molar-refractivity contribution in [3.05, 3.63) is 42.0 Å². The summed E-state index contributed by atoms with van der Waals surface area (Å²) in [6.45, 7) is 2.10. The summed E-state index contributed by atoms with van der Waals surface area (Å²) in [6.07, 6.45) is 1.18. The van der Waals surface area contributed by atoms with E-state index in [-0.39, 0.29) is 6.04 Å². The lowest BCUT2D eigenvalue weighted by atomic mass is 9.98. The number of nitrogens with two attached hydrogens (primary N) is 1. The predicted molar refractivity (Wildman–Crippen MR) is 75.0 cm³/mol. The van der Waals surface area contributed by atoms with Gasteiger partial charge in [0.2, 0.25) is 0 Å². The molecule has 1 saturated carbocycles. The van der Waals surface area contributed by atoms with E-state index in [2.05, 4.69) is 43.3 Å². The molecule has 0 unspecified atom stereocenters. The van der Waals surface area contributed by atoms with Gasteiger partial charge < -0.3 is 10.5 Å². The van der Waals surface area contributed by atoms with E-state index in [1.807, 2.05) is 0 Å². The standard InChI is InChI=1S/C16H19NO/c1-10(17)13-9-14(13)16-12-6-4-3-5-11(12)7-8-15(16)18-2/h3-8,10,13-14H,9,17H2,1-2H3/t10-,13-,14+/m0/s1. The van der Waals surface area contributed by atoms with Crippen LogP contribution in [-0.4, -0.2) is 13.2 Å². The Morgan fingerprint density at radius 1 is 1.22 bits per heavy atom. The second-order valence-electron chi connectivity index (χ2n) is 5.27. The molecule has 0 saturated heterocycles. The van der Waals surface area contributed by atoms with Crippen molar-refractivity contribution in [2.45, 2.75) is 25.3 Å². The molecule has 0 aliphatic heterocycles. The number of fused-ring (bicyclic) bond motifs is 1. The molecule has 0 aromatic heterocycles. The van der Waals surface area contributed by atoms with Crippen LogP contribution in [0.3, 0.4) is 0 Å². The molecular weight excluding hydrogens is 222 g/mol. The highest BCUT2D eigenvalue weighted by atomic mass is 16.5. The Morgan fingerprint density at radius 2 is 2.00 bits per heavy atom. The van der Waals surface area contributed by atoms with Crippen LogP contribution in [0.2, 0.25) is 0 Å². The van der Waals surface area contributed by atoms with Crippen molar-refractivity contribution in [3.8, 4) is 5.75 Å². The summed E-state index contributed by atoms with van der Waals surface area (Å²) in [4.78, 5) is 0. The first-order valence-corrected chi connectivity index (χ1v) is 6.53. The van der Waals surface area contributed by atoms with E-state index >= 15 is 0 Å². The summed E-state index contributed by atoms with van der Waals surface area (Å²) >= 11 is 0. The van der Waals surface area contributed by atoms with Crippen LogP contribution < -0.4 is 10.5 Å². The van der Waals surface area contributed by atoms with Gasteiger partial charge in [0.05, 0.1) is 7.11 Å². The molecule has 2 aromatic carbocycles. The molecule has 0 amide bonds. The highest BCUT2D eigenvalue weighted by Gasteiger charge is 2.43. The van der Waals surface area contributed by atoms with Gasteiger partial charge in [-0.05, 0) is 42.0 Å². The number of methoxy groups -OCH3 is 1. The minimum Gasteiger partial charge on any atom is -0.496 e. The van der Waals surface area contributed by atoms with Crippen LogP contribution in [0.5, 0.6) is 5.75 Å². The summed E-state index contributed by atoms with van der Waals surface area (Å²) < 4.78 is 5.54. The molecule has 0 bridgehead atoms. The molecule has 2 heteroatoms. The normalized spacial score (nSPS) is 23.9. The monoisotopic (exact) mass is 241 g/mol. The second-order valence-corrected chi connectivity index (χ2v) is 5.27. The smallest absolute Gasteiger partial charge is 0.122 e. The summed E-state index contributed by atoms with van der Waals surface area (Å²) in [5.74, 6) is 2.16. The molecule has 94 valence electrons. The van der Waals surface area contributed by atoms with E-state index in [1.54, 1.807) is 7.11 Å². The van der Waals surface area contributed by atoms with Gasteiger partial charge in [0.15, 0.2) is 0 Å². The maximum Gasteiger partial charge on any atom is 0.122 e. The fraction of sp³-hybridized carbons (Fsp3) is 0.375. The Hall–Kier alpha value is -1.54. The first kappa shape index (κ1) is 11.5. The largest absolute Gasteiger partial charge is 0.496 e. The van der Waals surface area contributed by atoms with Crippen LogP contribution >= 0.6 is 0 Å². The molecule has 0 heterocycles. The van der Waals surface area contributed by atoms with Crippen LogP contribution in [0, 0.1) is 5.92 Å². The molecule has 2 N–H and O–H groups in total. The van der Waals surface area contributed by atoms with E-state index in [4.69, 9.17) is 10.5 Å². The number of benzene rings is 2. The summed E-state index contributed by atoms with van der Waals surface area (Å²) in [7, 11) is 1.75. The molecule has 3 rings (SSSR count). The van der Waals surface area contributed by atoms with Gasteiger partial charge >= 0.3 is 0 Å². The van der Waals surface area contributed by atoms with Crippen molar-refractivity contribution in [2.24, 2.45) is 11.7 Å². The first-order valence-electron chi connectivity index (χ1n) is 6.53. The topological polar surface area (TPSA) is 35.2 Å². The molecule has 0 spiro atoms. The third-order valence-electron chi connectivity index (χ3n) is 4.04. The Kier molecular flexibility index (Phi) is 2.75. The average molecular weight is 241 g/mol. The molecule has 18 heavy (non-hydrogen) atoms. The number of hydrogen-bond acceptors (Lipinski definition) is 2. The average Bonchev–Trinajstić information content (AvgIpc) is 3.17. The molecule has 1 fully saturated rings. The van der Waals surface area contributed by atoms with Gasteiger partial charge in [-0.15, -0.1) is 0 Å². The van der Waals surface area contributed by atoms with Crippen LogP contribution in [0.15, 0.2) is 36.4 Å². The number of ether oxygens (including phenoxy) is 1. The quantitative estimate of drug-likeness (QED) is 0.894. The van der Waals surface area contributed by atoms with Crippen molar-refractivity contribution in [1.29, 1.82) is 0 Å². The van der Waals surface area contributed by atoms with Crippen LogP contribution in [0.4, 0.5) is 0 Å². The lowest BCUT2D eigenvalue weighted by Crippen LogP contribution is -2.18. The maximum atomic E-state index is 6.02. The highest BCUT2D eigenvalue weighted by molar-refractivity contribution is 5.88. The third-order valence-corrected chi connectivity index (χ3v) is 4.04. The SMILES string of the molecule is COc1ccc2ccccc2c1[C@@H]1C[C@H]1[C@H](C)N. The molecule has 0 radical (unpaired) electrons. The minimum absolute atomic E-state index is 0.263. The Morgan fingerprint density at radius 3 is 2.67 bits per heavy atom. The number of rotatable bonds is 3. The van der Waals surface area contributed by atoms with E-state index in [1.165, 1.54) is 22.8 Å². The van der Waals surface area contributed by atoms with Crippen molar-refractivity contribution < 1.29 is 4.74 Å². The van der Waals surface area contributed by atoms with Gasteiger partial charge in [0.25, 0.3) is 0 Å². The Balaban J connectivity index is 2.14. The molecule has 3 atom stereocenters. The van der Waals surface area contributed by atoms with Crippen molar-refractivity contribution in [1.82, 2.24) is 0 Å². The predicted octanol–water partition coefficient (Wildman–Crippen LogP) is 3.30. The van der Waals surface area contributed by atoms with Gasteiger partial charge in [-0.25, -0.2) is 0 Å². The fourth-order valence-electron chi connectivity index (χ4n) is 2.96. The molecule has 1 aliphatic carbocycles. The van der Waals surface area contributed by atoms with Crippen molar-refractivity contribution in [3.63, 3.8) is 0 Å². The van der Waals surface area contributed by atoms with E-state index in [0.29, 0.717) is 11.8 Å². The zero-order valence-electron chi connectivity index (χ0n) is 10.9. The van der Waals surface area contributed by atoms with Crippen LogP contribution in [0.25, 0.3) is 10.8 Å². The summed E-state index contributed by atoms with van der Waals surface area (Å²) in [6, 6.07) is 13.0. The van der Waals surface area contributed by atoms with Crippen molar-refractivity contribution >= 4 is 10.8 Å². The zero-order valence-corrected chi connectivity index (χ0v) is 10.9. The minimum atomic E-state index is 0.263. The zero-order chi connectivity index (χ0) is 12.7. The van der Waals surface area contributed by atoms with E-state index in [9.17, 15) is 0 Å². The highest BCUT2D eigenvalue weighted by Crippen LogP contribution is 2.53. The number of hydrogen-bond donors (Lipinski definition) is 1. The Bertz CT molecular complexity index is 576. The van der Waals surface area contributed by atoms with E-state index in [0.717, 1.165) is 5.75 Å².